The van der Waals surface area contributed by atoms with Crippen molar-refractivity contribution in [3.8, 4) is 0 Å². The minimum absolute atomic E-state index is 0.0731. The van der Waals surface area contributed by atoms with Gasteiger partial charge in [0, 0.05) is 34.4 Å². The molecule has 3 aromatic carbocycles. The number of rotatable bonds is 4. The molecule has 2 aliphatic rings. The molecule has 8 nitrogen and oxygen atoms in total. The predicted molar refractivity (Wildman–Crippen MR) is 138 cm³/mol. The normalized spacial score (nSPS) is 18.6. The molecule has 1 fully saturated rings. The van der Waals surface area contributed by atoms with Crippen LogP contribution in [0.2, 0.25) is 0 Å². The van der Waals surface area contributed by atoms with Crippen LogP contribution in [0.25, 0.3) is 0 Å². The highest BCUT2D eigenvalue weighted by Crippen LogP contribution is 2.38. The summed E-state index contributed by atoms with van der Waals surface area (Å²) in [4.78, 5) is 28.1. The standard InChI is InChI=1S/C26H23BrFN3O5S/c27-19-5-10-23-22(15-19)25(17-1-6-20(28)7-2-17)31(16-24(32)29-23)26(33)18-3-8-21(9-4-18)37(34,35)30-11-13-36-14-12-30/h1-10,15,25H,11-14,16H2,(H,29,32). The molecule has 37 heavy (non-hydrogen) atoms. The van der Waals surface area contributed by atoms with Crippen LogP contribution in [-0.4, -0.2) is 62.3 Å². The fraction of sp³-hybridized carbons (Fsp3) is 0.231. The number of fused-ring (bicyclic) bond motifs is 1. The van der Waals surface area contributed by atoms with Gasteiger partial charge in [-0.15, -0.1) is 0 Å². The number of carbonyl (C=O) groups excluding carboxylic acids is 2. The molecule has 0 aliphatic carbocycles. The van der Waals surface area contributed by atoms with Gasteiger partial charge in [0.2, 0.25) is 15.9 Å². The number of halogens is 2. The van der Waals surface area contributed by atoms with Gasteiger partial charge < -0.3 is 15.0 Å². The van der Waals surface area contributed by atoms with Gasteiger partial charge in [-0.25, -0.2) is 12.8 Å². The second-order valence-electron chi connectivity index (χ2n) is 8.71. The van der Waals surface area contributed by atoms with Crippen molar-refractivity contribution in [1.29, 1.82) is 0 Å². The number of hydrogen-bond acceptors (Lipinski definition) is 5. The van der Waals surface area contributed by atoms with Gasteiger partial charge in [0.15, 0.2) is 0 Å². The average molecular weight is 588 g/mol. The zero-order chi connectivity index (χ0) is 26.2. The maximum absolute atomic E-state index is 13.8. The lowest BCUT2D eigenvalue weighted by atomic mass is 9.95. The van der Waals surface area contributed by atoms with Crippen molar-refractivity contribution in [3.05, 3.63) is 93.7 Å². The van der Waals surface area contributed by atoms with Crippen LogP contribution in [0, 0.1) is 5.82 Å². The minimum Gasteiger partial charge on any atom is -0.379 e. The topological polar surface area (TPSA) is 96.0 Å². The highest BCUT2D eigenvalue weighted by molar-refractivity contribution is 9.10. The Morgan fingerprint density at radius 3 is 2.35 bits per heavy atom. The number of ether oxygens (including phenoxy) is 1. The molecular formula is C26H23BrFN3O5S. The number of benzene rings is 3. The number of anilines is 1. The molecule has 2 aliphatic heterocycles. The lowest BCUT2D eigenvalue weighted by Crippen LogP contribution is -2.40. The Morgan fingerprint density at radius 1 is 1.00 bits per heavy atom. The third kappa shape index (κ3) is 5.17. The zero-order valence-electron chi connectivity index (χ0n) is 19.6. The third-order valence-electron chi connectivity index (χ3n) is 6.36. The van der Waals surface area contributed by atoms with E-state index < -0.39 is 27.8 Å². The first-order chi connectivity index (χ1) is 17.7. The molecule has 0 bridgehead atoms. The van der Waals surface area contributed by atoms with E-state index in [1.807, 2.05) is 6.07 Å². The van der Waals surface area contributed by atoms with Crippen molar-refractivity contribution in [2.75, 3.05) is 38.2 Å². The van der Waals surface area contributed by atoms with Crippen LogP contribution in [0.4, 0.5) is 10.1 Å². The number of hydrogen-bond donors (Lipinski definition) is 1. The molecule has 1 unspecified atom stereocenters. The Hall–Kier alpha value is -3.12. The van der Waals surface area contributed by atoms with Crippen LogP contribution in [0.15, 0.2) is 76.1 Å². The van der Waals surface area contributed by atoms with Crippen LogP contribution in [0.1, 0.15) is 27.5 Å². The van der Waals surface area contributed by atoms with Crippen LogP contribution < -0.4 is 5.32 Å². The van der Waals surface area contributed by atoms with E-state index in [-0.39, 0.29) is 36.0 Å². The number of morpholine rings is 1. The SMILES string of the molecule is O=C1CN(C(=O)c2ccc(S(=O)(=O)N3CCOCC3)cc2)C(c2ccc(F)cc2)c2cc(Br)ccc2N1. The van der Waals surface area contributed by atoms with E-state index in [0.717, 1.165) is 4.47 Å². The second-order valence-corrected chi connectivity index (χ2v) is 11.6. The summed E-state index contributed by atoms with van der Waals surface area (Å²) in [5.41, 5.74) is 2.05. The molecule has 2 heterocycles. The number of nitrogens with one attached hydrogen (secondary N) is 1. The number of amides is 2. The van der Waals surface area contributed by atoms with Crippen molar-refractivity contribution >= 4 is 43.5 Å². The number of sulfonamides is 1. The third-order valence-corrected chi connectivity index (χ3v) is 8.77. The highest BCUT2D eigenvalue weighted by Gasteiger charge is 2.34. The molecule has 3 aromatic rings. The maximum Gasteiger partial charge on any atom is 0.255 e. The zero-order valence-corrected chi connectivity index (χ0v) is 22.0. The van der Waals surface area contributed by atoms with Crippen LogP contribution >= 0.6 is 15.9 Å². The molecule has 0 saturated carbocycles. The van der Waals surface area contributed by atoms with Gasteiger partial charge in [-0.05, 0) is 60.2 Å². The summed E-state index contributed by atoms with van der Waals surface area (Å²) in [5, 5.41) is 2.84. The van der Waals surface area contributed by atoms with Gasteiger partial charge in [0.1, 0.15) is 12.4 Å². The van der Waals surface area contributed by atoms with E-state index >= 15 is 0 Å². The molecule has 1 N–H and O–H groups in total. The monoisotopic (exact) mass is 587 g/mol. The van der Waals surface area contributed by atoms with E-state index in [1.54, 1.807) is 24.3 Å². The quantitative estimate of drug-likeness (QED) is 0.501. The Morgan fingerprint density at radius 2 is 1.68 bits per heavy atom. The van der Waals surface area contributed by atoms with Gasteiger partial charge >= 0.3 is 0 Å². The van der Waals surface area contributed by atoms with Gasteiger partial charge in [0.25, 0.3) is 5.91 Å². The van der Waals surface area contributed by atoms with Crippen LogP contribution in [-0.2, 0) is 19.6 Å². The number of nitrogens with zero attached hydrogens (tertiary/aromatic N) is 2. The maximum atomic E-state index is 13.8. The van der Waals surface area contributed by atoms with Crippen molar-refractivity contribution < 1.29 is 27.1 Å². The van der Waals surface area contributed by atoms with E-state index in [4.69, 9.17) is 4.74 Å². The fourth-order valence-corrected chi connectivity index (χ4v) is 6.33. The Bertz CT molecular complexity index is 1440. The lowest BCUT2D eigenvalue weighted by molar-refractivity contribution is -0.117. The molecule has 0 radical (unpaired) electrons. The van der Waals surface area contributed by atoms with Crippen molar-refractivity contribution in [2.45, 2.75) is 10.9 Å². The summed E-state index contributed by atoms with van der Waals surface area (Å²) >= 11 is 3.46. The minimum atomic E-state index is -3.72. The first-order valence-electron chi connectivity index (χ1n) is 11.6. The van der Waals surface area contributed by atoms with Crippen LogP contribution in [0.5, 0.6) is 0 Å². The largest absolute Gasteiger partial charge is 0.379 e. The van der Waals surface area contributed by atoms with Crippen molar-refractivity contribution in [2.24, 2.45) is 0 Å². The van der Waals surface area contributed by atoms with E-state index in [2.05, 4.69) is 21.2 Å². The first kappa shape index (κ1) is 25.5. The molecule has 1 atom stereocenters. The Labute approximate surface area is 222 Å². The molecule has 1 saturated heterocycles. The molecule has 11 heteroatoms. The summed E-state index contributed by atoms with van der Waals surface area (Å²) < 4.78 is 47.0. The van der Waals surface area contributed by atoms with Crippen molar-refractivity contribution in [3.63, 3.8) is 0 Å². The van der Waals surface area contributed by atoms with Gasteiger partial charge in [0.05, 0.1) is 24.2 Å². The smallest absolute Gasteiger partial charge is 0.255 e. The van der Waals surface area contributed by atoms with E-state index in [9.17, 15) is 22.4 Å². The molecule has 192 valence electrons. The van der Waals surface area contributed by atoms with Crippen LogP contribution in [0.3, 0.4) is 0 Å². The number of carbonyl (C=O) groups is 2. The predicted octanol–water partition coefficient (Wildman–Crippen LogP) is 3.79. The van der Waals surface area contributed by atoms with Gasteiger partial charge in [-0.1, -0.05) is 28.1 Å². The molecule has 2 amide bonds. The second kappa shape index (κ2) is 10.3. The lowest BCUT2D eigenvalue weighted by Gasteiger charge is -2.31. The Balaban J connectivity index is 1.53. The summed E-state index contributed by atoms with van der Waals surface area (Å²) in [6, 6.07) is 16.1. The molecule has 0 aromatic heterocycles. The summed E-state index contributed by atoms with van der Waals surface area (Å²) in [6.07, 6.45) is 0. The summed E-state index contributed by atoms with van der Waals surface area (Å²) in [6.45, 7) is 0.936. The molecular weight excluding hydrogens is 565 g/mol. The average Bonchev–Trinajstić information content (AvgIpc) is 3.05. The summed E-state index contributed by atoms with van der Waals surface area (Å²) in [5.74, 6) is -1.27. The highest BCUT2D eigenvalue weighted by atomic mass is 79.9. The van der Waals surface area contributed by atoms with E-state index in [1.165, 1.54) is 45.6 Å². The van der Waals surface area contributed by atoms with Gasteiger partial charge in [-0.2, -0.15) is 4.31 Å². The Kier molecular flexibility index (Phi) is 7.13. The summed E-state index contributed by atoms with van der Waals surface area (Å²) in [7, 11) is -3.72. The van der Waals surface area contributed by atoms with Gasteiger partial charge in [-0.3, -0.25) is 9.59 Å². The molecule has 5 rings (SSSR count). The fourth-order valence-electron chi connectivity index (χ4n) is 4.54. The van der Waals surface area contributed by atoms with E-state index in [0.29, 0.717) is 30.0 Å². The van der Waals surface area contributed by atoms with Crippen molar-refractivity contribution in [1.82, 2.24) is 9.21 Å². The first-order valence-corrected chi connectivity index (χ1v) is 13.8. The molecule has 0 spiro atoms.